The summed E-state index contributed by atoms with van der Waals surface area (Å²) >= 11 is 1.08. The SMILES string of the molecule is CCCc1nnsc1C(=O)NCCn1nc(-c2ccco2)ccc1=O. The summed E-state index contributed by atoms with van der Waals surface area (Å²) in [6, 6.07) is 6.56. The average molecular weight is 359 g/mol. The van der Waals surface area contributed by atoms with Crippen LogP contribution in [0.25, 0.3) is 11.5 Å². The lowest BCUT2D eigenvalue weighted by molar-refractivity contribution is 0.0954. The van der Waals surface area contributed by atoms with Gasteiger partial charge in [-0.3, -0.25) is 9.59 Å². The highest BCUT2D eigenvalue weighted by molar-refractivity contribution is 7.08. The van der Waals surface area contributed by atoms with Crippen molar-refractivity contribution in [3.05, 3.63) is 51.5 Å². The zero-order valence-electron chi connectivity index (χ0n) is 13.6. The molecule has 1 amide bonds. The van der Waals surface area contributed by atoms with Crippen molar-refractivity contribution in [3.8, 4) is 11.5 Å². The van der Waals surface area contributed by atoms with Crippen LogP contribution in [0.1, 0.15) is 28.7 Å². The van der Waals surface area contributed by atoms with Gasteiger partial charge in [-0.05, 0) is 36.2 Å². The molecule has 3 aromatic rings. The predicted molar refractivity (Wildman–Crippen MR) is 92.4 cm³/mol. The number of nitrogens with zero attached hydrogens (tertiary/aromatic N) is 4. The van der Waals surface area contributed by atoms with E-state index in [1.807, 2.05) is 6.92 Å². The van der Waals surface area contributed by atoms with E-state index in [1.165, 1.54) is 10.7 Å². The quantitative estimate of drug-likeness (QED) is 0.689. The van der Waals surface area contributed by atoms with Crippen molar-refractivity contribution in [3.63, 3.8) is 0 Å². The number of hydrogen-bond acceptors (Lipinski definition) is 7. The van der Waals surface area contributed by atoms with Gasteiger partial charge in [0.05, 0.1) is 18.5 Å². The molecule has 3 rings (SSSR count). The largest absolute Gasteiger partial charge is 0.463 e. The molecule has 9 heteroatoms. The van der Waals surface area contributed by atoms with E-state index in [0.717, 1.165) is 18.0 Å². The zero-order chi connectivity index (χ0) is 17.6. The van der Waals surface area contributed by atoms with Crippen LogP contribution < -0.4 is 10.9 Å². The molecule has 0 aliphatic carbocycles. The lowest BCUT2D eigenvalue weighted by Crippen LogP contribution is -2.32. The van der Waals surface area contributed by atoms with Gasteiger partial charge in [0.15, 0.2) is 5.76 Å². The second kappa shape index (κ2) is 7.84. The van der Waals surface area contributed by atoms with E-state index in [0.29, 0.717) is 28.4 Å². The van der Waals surface area contributed by atoms with Gasteiger partial charge in [-0.15, -0.1) is 5.10 Å². The number of furan rings is 1. The lowest BCUT2D eigenvalue weighted by atomic mass is 10.2. The number of rotatable bonds is 7. The molecule has 8 nitrogen and oxygen atoms in total. The van der Waals surface area contributed by atoms with Gasteiger partial charge in [0.25, 0.3) is 11.5 Å². The Hall–Kier alpha value is -2.81. The Morgan fingerprint density at radius 2 is 2.24 bits per heavy atom. The fraction of sp³-hybridized carbons (Fsp3) is 0.312. The van der Waals surface area contributed by atoms with E-state index in [4.69, 9.17) is 4.42 Å². The molecule has 3 heterocycles. The van der Waals surface area contributed by atoms with Crippen LogP contribution in [0, 0.1) is 0 Å². The van der Waals surface area contributed by atoms with Gasteiger partial charge in [0.1, 0.15) is 10.6 Å². The second-order valence-corrected chi connectivity index (χ2v) is 6.07. The fourth-order valence-corrected chi connectivity index (χ4v) is 2.93. The van der Waals surface area contributed by atoms with Gasteiger partial charge < -0.3 is 9.73 Å². The van der Waals surface area contributed by atoms with Crippen molar-refractivity contribution in [2.24, 2.45) is 0 Å². The number of carbonyl (C=O) groups excluding carboxylic acids is 1. The normalized spacial score (nSPS) is 10.8. The van der Waals surface area contributed by atoms with Crippen LogP contribution in [0.4, 0.5) is 0 Å². The number of nitrogens with one attached hydrogen (secondary N) is 1. The van der Waals surface area contributed by atoms with Crippen molar-refractivity contribution in [1.29, 1.82) is 0 Å². The van der Waals surface area contributed by atoms with Crippen LogP contribution in [-0.2, 0) is 13.0 Å². The lowest BCUT2D eigenvalue weighted by Gasteiger charge is -2.07. The molecule has 0 aliphatic heterocycles. The van der Waals surface area contributed by atoms with E-state index in [-0.39, 0.29) is 24.6 Å². The van der Waals surface area contributed by atoms with Crippen LogP contribution >= 0.6 is 11.5 Å². The smallest absolute Gasteiger partial charge is 0.266 e. The number of aryl methyl sites for hydroxylation is 1. The first-order chi connectivity index (χ1) is 12.2. The highest BCUT2D eigenvalue weighted by Gasteiger charge is 2.15. The molecule has 0 radical (unpaired) electrons. The fourth-order valence-electron chi connectivity index (χ4n) is 2.30. The van der Waals surface area contributed by atoms with Crippen LogP contribution in [0.15, 0.2) is 39.7 Å². The Balaban J connectivity index is 1.64. The highest BCUT2D eigenvalue weighted by Crippen LogP contribution is 2.15. The van der Waals surface area contributed by atoms with E-state index in [2.05, 4.69) is 20.0 Å². The summed E-state index contributed by atoms with van der Waals surface area (Å²) < 4.78 is 10.4. The summed E-state index contributed by atoms with van der Waals surface area (Å²) in [5.74, 6) is 0.353. The van der Waals surface area contributed by atoms with Gasteiger partial charge >= 0.3 is 0 Å². The van der Waals surface area contributed by atoms with Crippen molar-refractivity contribution >= 4 is 17.4 Å². The second-order valence-electron chi connectivity index (χ2n) is 5.31. The maximum absolute atomic E-state index is 12.2. The third kappa shape index (κ3) is 4.00. The summed E-state index contributed by atoms with van der Waals surface area (Å²) in [7, 11) is 0. The zero-order valence-corrected chi connectivity index (χ0v) is 14.5. The first kappa shape index (κ1) is 17.0. The van der Waals surface area contributed by atoms with Crippen molar-refractivity contribution in [1.82, 2.24) is 24.7 Å². The van der Waals surface area contributed by atoms with E-state index in [9.17, 15) is 9.59 Å². The van der Waals surface area contributed by atoms with Crippen molar-refractivity contribution in [2.45, 2.75) is 26.3 Å². The third-order valence-corrected chi connectivity index (χ3v) is 4.27. The Kier molecular flexibility index (Phi) is 5.34. The van der Waals surface area contributed by atoms with Gasteiger partial charge in [-0.25, -0.2) is 4.68 Å². The van der Waals surface area contributed by atoms with Gasteiger partial charge in [-0.1, -0.05) is 17.8 Å². The van der Waals surface area contributed by atoms with E-state index < -0.39 is 0 Å². The Morgan fingerprint density at radius 3 is 3.00 bits per heavy atom. The molecule has 3 aromatic heterocycles. The maximum atomic E-state index is 12.2. The number of carbonyl (C=O) groups is 1. The summed E-state index contributed by atoms with van der Waals surface area (Å²) in [5, 5.41) is 11.0. The summed E-state index contributed by atoms with van der Waals surface area (Å²) in [6.45, 7) is 2.55. The molecular weight excluding hydrogens is 342 g/mol. The minimum absolute atomic E-state index is 0.228. The monoisotopic (exact) mass is 359 g/mol. The summed E-state index contributed by atoms with van der Waals surface area (Å²) in [4.78, 5) is 24.7. The van der Waals surface area contributed by atoms with E-state index >= 15 is 0 Å². The summed E-state index contributed by atoms with van der Waals surface area (Å²) in [5.41, 5.74) is 1.03. The van der Waals surface area contributed by atoms with Gasteiger partial charge in [0.2, 0.25) is 0 Å². The number of aromatic nitrogens is 4. The highest BCUT2D eigenvalue weighted by atomic mass is 32.1. The molecule has 0 unspecified atom stereocenters. The van der Waals surface area contributed by atoms with Crippen LogP contribution in [-0.4, -0.2) is 31.8 Å². The average Bonchev–Trinajstić information content (AvgIpc) is 3.28. The van der Waals surface area contributed by atoms with Crippen molar-refractivity contribution < 1.29 is 9.21 Å². The van der Waals surface area contributed by atoms with Gasteiger partial charge in [-0.2, -0.15) is 5.10 Å². The predicted octanol–water partition coefficient (Wildman–Crippen LogP) is 1.74. The standard InChI is InChI=1S/C16H17N5O3S/c1-2-4-12-15(25-20-18-12)16(23)17-8-9-21-14(22)7-6-11(19-21)13-5-3-10-24-13/h3,5-7,10H,2,4,8-9H2,1H3,(H,17,23). The molecule has 130 valence electrons. The molecule has 0 spiro atoms. The molecule has 0 bridgehead atoms. The first-order valence-corrected chi connectivity index (χ1v) is 8.68. The van der Waals surface area contributed by atoms with Gasteiger partial charge in [0, 0.05) is 12.6 Å². The minimum atomic E-state index is -0.240. The maximum Gasteiger partial charge on any atom is 0.266 e. The third-order valence-electron chi connectivity index (χ3n) is 3.50. The minimum Gasteiger partial charge on any atom is -0.463 e. The van der Waals surface area contributed by atoms with E-state index in [1.54, 1.807) is 24.5 Å². The Bertz CT molecular complexity index is 901. The number of hydrogen-bond donors (Lipinski definition) is 1. The molecule has 0 aromatic carbocycles. The van der Waals surface area contributed by atoms with Crippen molar-refractivity contribution in [2.75, 3.05) is 6.54 Å². The molecule has 0 aliphatic rings. The van der Waals surface area contributed by atoms with Crippen LogP contribution in [0.5, 0.6) is 0 Å². The first-order valence-electron chi connectivity index (χ1n) is 7.90. The Morgan fingerprint density at radius 1 is 1.36 bits per heavy atom. The number of amides is 1. The molecular formula is C16H17N5O3S. The topological polar surface area (TPSA) is 103 Å². The molecule has 0 fully saturated rings. The molecule has 1 N–H and O–H groups in total. The molecule has 0 saturated carbocycles. The molecule has 25 heavy (non-hydrogen) atoms. The van der Waals surface area contributed by atoms with Crippen LogP contribution in [0.2, 0.25) is 0 Å². The summed E-state index contributed by atoms with van der Waals surface area (Å²) in [6.07, 6.45) is 3.15. The Labute approximate surface area is 147 Å². The van der Waals surface area contributed by atoms with Crippen LogP contribution in [0.3, 0.4) is 0 Å². The molecule has 0 atom stereocenters. The molecule has 0 saturated heterocycles.